The van der Waals surface area contributed by atoms with Crippen molar-refractivity contribution in [3.05, 3.63) is 70.5 Å². The molecule has 31 heavy (non-hydrogen) atoms. The number of nitrogens with one attached hydrogen (secondary N) is 1. The van der Waals surface area contributed by atoms with Gasteiger partial charge in [-0.2, -0.15) is 0 Å². The molecule has 0 saturated carbocycles. The second-order valence-electron chi connectivity index (χ2n) is 7.88. The number of amides is 1. The molecule has 0 aliphatic heterocycles. The van der Waals surface area contributed by atoms with Gasteiger partial charge in [0.2, 0.25) is 5.91 Å². The first kappa shape index (κ1) is 22.9. The Kier molecular flexibility index (Phi) is 7.75. The largest absolute Gasteiger partial charge is 0.494 e. The molecule has 3 rings (SSSR count). The van der Waals surface area contributed by atoms with Crippen molar-refractivity contribution in [3.63, 3.8) is 0 Å². The Morgan fingerprint density at radius 2 is 1.90 bits per heavy atom. The molecule has 0 fully saturated rings. The summed E-state index contributed by atoms with van der Waals surface area (Å²) in [6, 6.07) is 12.1. The minimum absolute atomic E-state index is 0.0988. The first-order valence-electron chi connectivity index (χ1n) is 10.6. The molecule has 0 atom stereocenters. The molecule has 0 aliphatic rings. The lowest BCUT2D eigenvalue weighted by atomic mass is 10.1. The smallest absolute Gasteiger partial charge is 0.246 e. The van der Waals surface area contributed by atoms with Crippen LogP contribution in [0, 0.1) is 13.8 Å². The predicted octanol–water partition coefficient (Wildman–Crippen LogP) is 5.40. The van der Waals surface area contributed by atoms with Gasteiger partial charge in [0.25, 0.3) is 0 Å². The lowest BCUT2D eigenvalue weighted by Gasteiger charge is -2.12. The minimum Gasteiger partial charge on any atom is -0.494 e. The third-order valence-corrected chi connectivity index (χ3v) is 5.78. The number of hydrogen-bond acceptors (Lipinski definition) is 3. The van der Waals surface area contributed by atoms with Gasteiger partial charge in [0, 0.05) is 30.1 Å². The quantitative estimate of drug-likeness (QED) is 0.340. The number of ether oxygens (including phenoxy) is 1. The number of carbonyl (C=O) groups is 1. The Balaban J connectivity index is 1.60. The number of halogens is 1. The van der Waals surface area contributed by atoms with Crippen molar-refractivity contribution in [2.45, 2.75) is 46.6 Å². The number of aryl methyl sites for hydroxylation is 4. The van der Waals surface area contributed by atoms with Crippen molar-refractivity contribution < 1.29 is 9.53 Å². The zero-order chi connectivity index (χ0) is 22.4. The van der Waals surface area contributed by atoms with Crippen molar-refractivity contribution in [2.24, 2.45) is 0 Å². The van der Waals surface area contributed by atoms with Gasteiger partial charge in [-0.05, 0) is 69.0 Å². The maximum atomic E-state index is 11.7. The lowest BCUT2D eigenvalue weighted by Crippen LogP contribution is -2.25. The van der Waals surface area contributed by atoms with Gasteiger partial charge in [-0.1, -0.05) is 30.3 Å². The van der Waals surface area contributed by atoms with Gasteiger partial charge in [0.1, 0.15) is 11.6 Å². The molecule has 3 aromatic rings. The number of benzene rings is 2. The summed E-state index contributed by atoms with van der Waals surface area (Å²) in [6.07, 6.45) is 2.48. The zero-order valence-electron chi connectivity index (χ0n) is 18.5. The van der Waals surface area contributed by atoms with E-state index in [1.54, 1.807) is 6.92 Å². The predicted molar refractivity (Wildman–Crippen MR) is 127 cm³/mol. The number of aromatic nitrogens is 2. The molecular weight excluding hydrogens is 410 g/mol. The molecule has 1 heterocycles. The Hall–Kier alpha value is -2.79. The highest BCUT2D eigenvalue weighted by Gasteiger charge is 2.11. The van der Waals surface area contributed by atoms with E-state index in [2.05, 4.69) is 22.5 Å². The first-order valence-corrected chi connectivity index (χ1v) is 11.0. The van der Waals surface area contributed by atoms with E-state index >= 15 is 0 Å². The van der Waals surface area contributed by atoms with E-state index in [0.717, 1.165) is 64.6 Å². The molecule has 0 unspecified atom stereocenters. The second kappa shape index (κ2) is 10.5. The van der Waals surface area contributed by atoms with Crippen LogP contribution in [0.5, 0.6) is 5.75 Å². The van der Waals surface area contributed by atoms with Gasteiger partial charge >= 0.3 is 0 Å². The van der Waals surface area contributed by atoms with Crippen LogP contribution in [0.25, 0.3) is 11.0 Å². The number of imidazole rings is 1. The number of hydrogen-bond donors (Lipinski definition) is 1. The fraction of sp³-hybridized carbons (Fsp3) is 0.360. The van der Waals surface area contributed by atoms with E-state index in [9.17, 15) is 4.79 Å². The Morgan fingerprint density at radius 3 is 2.61 bits per heavy atom. The standard InChI is InChI=1S/C25H30ClN3O2/c1-17(2)25(30)27-12-7-11-23-28-21-9-5-6-10-22(21)29(23)13-8-14-31-20-15-18(3)24(26)19(4)16-20/h5-6,9-10,15-16H,1,7-8,11-14H2,2-4H3,(H,27,30). The summed E-state index contributed by atoms with van der Waals surface area (Å²) in [5.74, 6) is 1.78. The normalized spacial score (nSPS) is 11.0. The third kappa shape index (κ3) is 5.88. The molecule has 5 nitrogen and oxygen atoms in total. The van der Waals surface area contributed by atoms with E-state index in [1.165, 1.54) is 0 Å². The summed E-state index contributed by atoms with van der Waals surface area (Å²) in [5, 5.41) is 3.68. The molecule has 0 bridgehead atoms. The first-order chi connectivity index (χ1) is 14.9. The highest BCUT2D eigenvalue weighted by molar-refractivity contribution is 6.32. The second-order valence-corrected chi connectivity index (χ2v) is 8.26. The third-order valence-electron chi connectivity index (χ3n) is 5.19. The average Bonchev–Trinajstić information content (AvgIpc) is 3.09. The molecule has 164 valence electrons. The van der Waals surface area contributed by atoms with Crippen molar-refractivity contribution in [1.29, 1.82) is 0 Å². The van der Waals surface area contributed by atoms with Crippen molar-refractivity contribution in [3.8, 4) is 5.75 Å². The number of para-hydroxylation sites is 2. The maximum Gasteiger partial charge on any atom is 0.246 e. The fourth-order valence-corrected chi connectivity index (χ4v) is 3.68. The lowest BCUT2D eigenvalue weighted by molar-refractivity contribution is -0.117. The van der Waals surface area contributed by atoms with Crippen molar-refractivity contribution in [2.75, 3.05) is 13.2 Å². The van der Waals surface area contributed by atoms with Gasteiger partial charge in [0.15, 0.2) is 0 Å². The highest BCUT2D eigenvalue weighted by Crippen LogP contribution is 2.26. The van der Waals surface area contributed by atoms with Gasteiger partial charge in [0.05, 0.1) is 17.6 Å². The summed E-state index contributed by atoms with van der Waals surface area (Å²) >= 11 is 6.24. The molecule has 0 aliphatic carbocycles. The SMILES string of the molecule is C=C(C)C(=O)NCCCc1nc2ccccc2n1CCCOc1cc(C)c(Cl)c(C)c1. The summed E-state index contributed by atoms with van der Waals surface area (Å²) in [7, 11) is 0. The number of fused-ring (bicyclic) bond motifs is 1. The van der Waals surface area contributed by atoms with E-state index in [0.29, 0.717) is 18.7 Å². The number of rotatable bonds is 10. The summed E-state index contributed by atoms with van der Waals surface area (Å²) in [5.41, 5.74) is 4.70. The summed E-state index contributed by atoms with van der Waals surface area (Å²) in [6.45, 7) is 11.4. The monoisotopic (exact) mass is 439 g/mol. The molecule has 2 aromatic carbocycles. The minimum atomic E-state index is -0.0988. The van der Waals surface area contributed by atoms with Crippen LogP contribution >= 0.6 is 11.6 Å². The average molecular weight is 440 g/mol. The Labute approximate surface area is 189 Å². The molecule has 0 radical (unpaired) electrons. The van der Waals surface area contributed by atoms with Crippen molar-refractivity contribution >= 4 is 28.5 Å². The van der Waals surface area contributed by atoms with E-state index in [4.69, 9.17) is 21.3 Å². The van der Waals surface area contributed by atoms with Gasteiger partial charge < -0.3 is 14.6 Å². The van der Waals surface area contributed by atoms with Crippen LogP contribution in [0.15, 0.2) is 48.6 Å². The van der Waals surface area contributed by atoms with Crippen LogP contribution in [0.1, 0.15) is 36.7 Å². The van der Waals surface area contributed by atoms with Crippen LogP contribution in [0.2, 0.25) is 5.02 Å². The van der Waals surface area contributed by atoms with Gasteiger partial charge in [-0.3, -0.25) is 4.79 Å². The molecule has 1 aromatic heterocycles. The zero-order valence-corrected chi connectivity index (χ0v) is 19.3. The molecular formula is C25H30ClN3O2. The van der Waals surface area contributed by atoms with Gasteiger partial charge in [-0.15, -0.1) is 0 Å². The topological polar surface area (TPSA) is 56.2 Å². The van der Waals surface area contributed by atoms with Crippen LogP contribution in [-0.2, 0) is 17.8 Å². The maximum absolute atomic E-state index is 11.7. The van der Waals surface area contributed by atoms with E-state index in [-0.39, 0.29) is 5.91 Å². The molecule has 1 amide bonds. The Morgan fingerprint density at radius 1 is 1.19 bits per heavy atom. The Bertz CT molecular complexity index is 1060. The van der Waals surface area contributed by atoms with E-state index < -0.39 is 0 Å². The fourth-order valence-electron chi connectivity index (χ4n) is 3.57. The molecule has 1 N–H and O–H groups in total. The van der Waals surface area contributed by atoms with Crippen LogP contribution < -0.4 is 10.1 Å². The van der Waals surface area contributed by atoms with Crippen LogP contribution in [0.4, 0.5) is 0 Å². The van der Waals surface area contributed by atoms with Crippen LogP contribution in [0.3, 0.4) is 0 Å². The van der Waals surface area contributed by atoms with E-state index in [1.807, 2.05) is 44.2 Å². The number of carbonyl (C=O) groups excluding carboxylic acids is 1. The van der Waals surface area contributed by atoms with Crippen molar-refractivity contribution in [1.82, 2.24) is 14.9 Å². The molecule has 0 saturated heterocycles. The van der Waals surface area contributed by atoms with Gasteiger partial charge in [-0.25, -0.2) is 4.98 Å². The molecule has 6 heteroatoms. The molecule has 0 spiro atoms. The number of nitrogens with zero attached hydrogens (tertiary/aromatic N) is 2. The highest BCUT2D eigenvalue weighted by atomic mass is 35.5. The van der Waals surface area contributed by atoms with Crippen LogP contribution in [-0.4, -0.2) is 28.6 Å². The summed E-state index contributed by atoms with van der Waals surface area (Å²) in [4.78, 5) is 16.5. The summed E-state index contributed by atoms with van der Waals surface area (Å²) < 4.78 is 8.23.